The first-order valence-corrected chi connectivity index (χ1v) is 9.93. The average Bonchev–Trinajstić information content (AvgIpc) is 3.08. The molecule has 0 saturated heterocycles. The Morgan fingerprint density at radius 3 is 2.21 bits per heavy atom. The molecule has 0 bridgehead atoms. The monoisotopic (exact) mass is 386 g/mol. The van der Waals surface area contributed by atoms with Gasteiger partial charge in [-0.15, -0.1) is 0 Å². The molecule has 7 heteroatoms. The van der Waals surface area contributed by atoms with Crippen LogP contribution < -0.4 is 5.32 Å². The normalized spacial score (nSPS) is 14.3. The molecular formula is C21H30N4O3. The summed E-state index contributed by atoms with van der Waals surface area (Å²) in [6, 6.07) is 9.08. The number of rotatable bonds is 9. The maximum absolute atomic E-state index is 12.9. The van der Waals surface area contributed by atoms with Crippen LogP contribution in [0, 0.1) is 17.0 Å². The molecule has 1 aromatic carbocycles. The summed E-state index contributed by atoms with van der Waals surface area (Å²) in [5, 5.41) is 18.1. The first-order valence-electron chi connectivity index (χ1n) is 9.93. The van der Waals surface area contributed by atoms with Gasteiger partial charge in [0, 0.05) is 0 Å². The minimum atomic E-state index is -0.581. The third kappa shape index (κ3) is 4.77. The number of aryl methyl sites for hydroxylation is 1. The Morgan fingerprint density at radius 2 is 1.75 bits per heavy atom. The van der Waals surface area contributed by atoms with Crippen molar-refractivity contribution in [3.05, 3.63) is 57.3 Å². The van der Waals surface area contributed by atoms with E-state index in [0.29, 0.717) is 18.0 Å². The largest absolute Gasteiger partial charge is 0.390 e. The molecular weight excluding hydrogens is 356 g/mol. The third-order valence-electron chi connectivity index (χ3n) is 5.33. The highest BCUT2D eigenvalue weighted by Crippen LogP contribution is 2.24. The fourth-order valence-electron chi connectivity index (χ4n) is 3.33. The second-order valence-electron chi connectivity index (χ2n) is 7.22. The van der Waals surface area contributed by atoms with Crippen molar-refractivity contribution < 1.29 is 9.72 Å². The van der Waals surface area contributed by atoms with Crippen molar-refractivity contribution in [3.8, 4) is 0 Å². The van der Waals surface area contributed by atoms with Crippen molar-refractivity contribution in [1.29, 1.82) is 0 Å². The fraction of sp³-hybridized carbons (Fsp3) is 0.524. The smallest absolute Gasteiger partial charge is 0.358 e. The number of hydrogen-bond donors (Lipinski definition) is 1. The van der Waals surface area contributed by atoms with Crippen LogP contribution in [-0.4, -0.2) is 20.6 Å². The zero-order valence-electron chi connectivity index (χ0n) is 17.3. The Morgan fingerprint density at radius 1 is 1.14 bits per heavy atom. The van der Waals surface area contributed by atoms with Gasteiger partial charge in [-0.3, -0.25) is 4.79 Å². The highest BCUT2D eigenvalue weighted by atomic mass is 16.6. The molecule has 1 amide bonds. The summed E-state index contributed by atoms with van der Waals surface area (Å²) in [5.41, 5.74) is 2.94. The number of aromatic nitrogens is 2. The number of carbonyl (C=O) groups is 1. The second-order valence-corrected chi connectivity index (χ2v) is 7.22. The Kier molecular flexibility index (Phi) is 7.31. The quantitative estimate of drug-likeness (QED) is 0.493. The molecule has 3 unspecified atom stereocenters. The number of nitrogens with zero attached hydrogens (tertiary/aromatic N) is 3. The topological polar surface area (TPSA) is 90.1 Å². The maximum atomic E-state index is 12.9. The SMILES string of the molecule is CCC(C)c1ccc(C(CC)NC(=O)C(CC)n2nc([N+](=O)[O-])cc2C)cc1. The van der Waals surface area contributed by atoms with Gasteiger partial charge in [0.05, 0.1) is 22.9 Å². The van der Waals surface area contributed by atoms with Crippen molar-refractivity contribution in [2.24, 2.45) is 0 Å². The summed E-state index contributed by atoms with van der Waals surface area (Å²) in [4.78, 5) is 23.4. The Bertz CT molecular complexity index is 814. The number of amides is 1. The Balaban J connectivity index is 2.18. The Hall–Kier alpha value is -2.70. The van der Waals surface area contributed by atoms with Crippen LogP contribution in [0.25, 0.3) is 0 Å². The van der Waals surface area contributed by atoms with E-state index >= 15 is 0 Å². The van der Waals surface area contributed by atoms with Gasteiger partial charge in [0.2, 0.25) is 5.91 Å². The minimum Gasteiger partial charge on any atom is -0.358 e. The molecule has 3 atom stereocenters. The van der Waals surface area contributed by atoms with E-state index in [9.17, 15) is 14.9 Å². The van der Waals surface area contributed by atoms with Crippen LogP contribution in [0.1, 0.15) is 81.8 Å². The van der Waals surface area contributed by atoms with Crippen LogP contribution in [0.3, 0.4) is 0 Å². The number of hydrogen-bond acceptors (Lipinski definition) is 4. The highest BCUT2D eigenvalue weighted by molar-refractivity contribution is 5.80. The summed E-state index contributed by atoms with van der Waals surface area (Å²) >= 11 is 0. The summed E-state index contributed by atoms with van der Waals surface area (Å²) < 4.78 is 1.45. The van der Waals surface area contributed by atoms with E-state index in [1.165, 1.54) is 16.3 Å². The highest BCUT2D eigenvalue weighted by Gasteiger charge is 2.28. The van der Waals surface area contributed by atoms with Crippen molar-refractivity contribution >= 4 is 11.7 Å². The molecule has 1 heterocycles. The van der Waals surface area contributed by atoms with Crippen LogP contribution in [0.5, 0.6) is 0 Å². The lowest BCUT2D eigenvalue weighted by atomic mass is 9.95. The number of nitrogens with one attached hydrogen (secondary N) is 1. The van der Waals surface area contributed by atoms with Gasteiger partial charge in [-0.1, -0.05) is 52.0 Å². The molecule has 1 N–H and O–H groups in total. The van der Waals surface area contributed by atoms with E-state index in [0.717, 1.165) is 18.4 Å². The van der Waals surface area contributed by atoms with Crippen molar-refractivity contribution in [2.45, 2.75) is 71.9 Å². The lowest BCUT2D eigenvalue weighted by Crippen LogP contribution is -2.35. The van der Waals surface area contributed by atoms with Gasteiger partial charge in [-0.05, 0) is 48.2 Å². The van der Waals surface area contributed by atoms with E-state index in [4.69, 9.17) is 0 Å². The first kappa shape index (κ1) is 21.6. The van der Waals surface area contributed by atoms with Crippen LogP contribution >= 0.6 is 0 Å². The van der Waals surface area contributed by atoms with Gasteiger partial charge in [0.1, 0.15) is 0 Å². The van der Waals surface area contributed by atoms with Gasteiger partial charge >= 0.3 is 5.82 Å². The number of nitro groups is 1. The molecule has 0 aliphatic heterocycles. The molecule has 0 fully saturated rings. The van der Waals surface area contributed by atoms with E-state index in [-0.39, 0.29) is 17.8 Å². The molecule has 0 saturated carbocycles. The van der Waals surface area contributed by atoms with E-state index in [2.05, 4.69) is 48.5 Å². The molecule has 152 valence electrons. The average molecular weight is 386 g/mol. The standard InChI is InChI=1S/C21H30N4O3/c1-6-14(4)16-9-11-17(12-10-16)18(7-2)22-21(26)19(8-3)24-15(5)13-20(23-24)25(27)28/h9-14,18-19H,6-8H2,1-5H3,(H,22,26). The lowest BCUT2D eigenvalue weighted by Gasteiger charge is -2.22. The molecule has 28 heavy (non-hydrogen) atoms. The minimum absolute atomic E-state index is 0.113. The number of benzene rings is 1. The van der Waals surface area contributed by atoms with Crippen molar-refractivity contribution in [2.75, 3.05) is 0 Å². The predicted octanol–water partition coefficient (Wildman–Crippen LogP) is 4.83. The predicted molar refractivity (Wildman–Crippen MR) is 109 cm³/mol. The summed E-state index contributed by atoms with van der Waals surface area (Å²) in [5.74, 6) is 0.0876. The molecule has 0 aliphatic carbocycles. The first-order chi connectivity index (χ1) is 13.3. The van der Waals surface area contributed by atoms with Crippen LogP contribution in [0.2, 0.25) is 0 Å². The molecule has 0 spiro atoms. The molecule has 7 nitrogen and oxygen atoms in total. The molecule has 1 aromatic heterocycles. The van der Waals surface area contributed by atoms with Crippen LogP contribution in [-0.2, 0) is 4.79 Å². The summed E-state index contributed by atoms with van der Waals surface area (Å²) in [6.45, 7) is 9.99. The number of carbonyl (C=O) groups excluding carboxylic acids is 1. The van der Waals surface area contributed by atoms with Crippen LogP contribution in [0.15, 0.2) is 30.3 Å². The summed E-state index contributed by atoms with van der Waals surface area (Å²) in [6.07, 6.45) is 2.33. The molecule has 2 rings (SSSR count). The van der Waals surface area contributed by atoms with E-state index in [1.807, 2.05) is 13.8 Å². The third-order valence-corrected chi connectivity index (χ3v) is 5.33. The van der Waals surface area contributed by atoms with Gasteiger partial charge < -0.3 is 15.4 Å². The summed E-state index contributed by atoms with van der Waals surface area (Å²) in [7, 11) is 0. The lowest BCUT2D eigenvalue weighted by molar-refractivity contribution is -0.389. The molecule has 0 aliphatic rings. The van der Waals surface area contributed by atoms with Crippen molar-refractivity contribution in [1.82, 2.24) is 15.1 Å². The molecule has 0 radical (unpaired) electrons. The van der Waals surface area contributed by atoms with E-state index in [1.54, 1.807) is 6.92 Å². The fourth-order valence-corrected chi connectivity index (χ4v) is 3.33. The Labute approximate surface area is 166 Å². The van der Waals surface area contributed by atoms with Gasteiger partial charge in [0.25, 0.3) is 0 Å². The van der Waals surface area contributed by atoms with Crippen LogP contribution in [0.4, 0.5) is 5.82 Å². The zero-order valence-corrected chi connectivity index (χ0v) is 17.3. The second kappa shape index (κ2) is 9.48. The van der Waals surface area contributed by atoms with Gasteiger partial charge in [-0.2, -0.15) is 4.68 Å². The van der Waals surface area contributed by atoms with Gasteiger partial charge in [0.15, 0.2) is 6.04 Å². The van der Waals surface area contributed by atoms with Crippen molar-refractivity contribution in [3.63, 3.8) is 0 Å². The molecule has 2 aromatic rings. The van der Waals surface area contributed by atoms with Gasteiger partial charge in [-0.25, -0.2) is 0 Å². The van der Waals surface area contributed by atoms with E-state index < -0.39 is 11.0 Å². The maximum Gasteiger partial charge on any atom is 0.390 e. The zero-order chi connectivity index (χ0) is 20.8.